The van der Waals surface area contributed by atoms with Crippen molar-refractivity contribution in [3.05, 3.63) is 90.1 Å². The van der Waals surface area contributed by atoms with Crippen molar-refractivity contribution in [3.8, 4) is 0 Å². The number of nitrogens with two attached hydrogens (primary N) is 1. The summed E-state index contributed by atoms with van der Waals surface area (Å²) in [6.07, 6.45) is 3.75. The Kier molecular flexibility index (Phi) is 10.4. The molecule has 0 saturated carbocycles. The summed E-state index contributed by atoms with van der Waals surface area (Å²) >= 11 is 0. The highest BCUT2D eigenvalue weighted by Crippen LogP contribution is 2.19. The highest BCUT2D eigenvalue weighted by molar-refractivity contribution is 5.96. The molecule has 0 bridgehead atoms. The van der Waals surface area contributed by atoms with Crippen LogP contribution < -0.4 is 21.7 Å². The summed E-state index contributed by atoms with van der Waals surface area (Å²) in [5, 5.41) is 27.5. The SMILES string of the molecule is NC(Cc1cnc[nH]1)C(=O)NC(CC(=O)O)C(=O)NC(Cc1ccccc1)C(=O)NC(Cc1c[nH]c2ccccc12)C(=O)O. The number of carbonyl (C=O) groups excluding carboxylic acids is 3. The number of aromatic nitrogens is 3. The number of H-pyrrole nitrogens is 2. The van der Waals surface area contributed by atoms with Gasteiger partial charge in [-0.15, -0.1) is 0 Å². The quantitative estimate of drug-likeness (QED) is 0.0929. The third-order valence-electron chi connectivity index (χ3n) is 6.97. The van der Waals surface area contributed by atoms with Crippen LogP contribution in [0.5, 0.6) is 0 Å². The van der Waals surface area contributed by atoms with Crippen LogP contribution in [0.2, 0.25) is 0 Å². The standard InChI is InChI=1S/C30H33N7O7/c31-21(12-19-15-32-16-34-19)27(40)35-24(13-26(38)39)29(42)36-23(10-17-6-2-1-3-7-17)28(41)37-25(30(43)44)11-18-14-33-22-9-5-4-8-20(18)22/h1-9,14-16,21,23-25,33H,10-13,31H2,(H,32,34)(H,35,40)(H,36,42)(H,37,41)(H,38,39)(H,43,44). The lowest BCUT2D eigenvalue weighted by Gasteiger charge is -2.25. The highest BCUT2D eigenvalue weighted by atomic mass is 16.4. The lowest BCUT2D eigenvalue weighted by molar-refractivity contribution is -0.143. The van der Waals surface area contributed by atoms with E-state index in [0.717, 1.165) is 10.9 Å². The number of aliphatic carboxylic acids is 2. The minimum absolute atomic E-state index is 0.0368. The normalized spacial score (nSPS) is 13.8. The van der Waals surface area contributed by atoms with E-state index >= 15 is 0 Å². The van der Waals surface area contributed by atoms with Gasteiger partial charge in [-0.3, -0.25) is 19.2 Å². The number of rotatable bonds is 15. The van der Waals surface area contributed by atoms with Gasteiger partial charge in [-0.05, 0) is 17.2 Å². The molecule has 0 aliphatic heterocycles. The summed E-state index contributed by atoms with van der Waals surface area (Å²) < 4.78 is 0. The van der Waals surface area contributed by atoms with E-state index in [1.54, 1.807) is 36.5 Å². The molecule has 0 spiro atoms. The van der Waals surface area contributed by atoms with Gasteiger partial charge >= 0.3 is 11.9 Å². The number of nitrogens with one attached hydrogen (secondary N) is 5. The molecule has 14 heteroatoms. The Morgan fingerprint density at radius 1 is 0.773 bits per heavy atom. The van der Waals surface area contributed by atoms with Gasteiger partial charge in [0.1, 0.15) is 18.1 Å². The van der Waals surface area contributed by atoms with Gasteiger partial charge in [0.2, 0.25) is 17.7 Å². The van der Waals surface area contributed by atoms with Gasteiger partial charge in [0.05, 0.1) is 18.8 Å². The number of para-hydroxylation sites is 1. The predicted octanol–water partition coefficient (Wildman–Crippen LogP) is 0.260. The van der Waals surface area contributed by atoms with Crippen molar-refractivity contribution in [1.29, 1.82) is 0 Å². The smallest absolute Gasteiger partial charge is 0.326 e. The van der Waals surface area contributed by atoms with Crippen molar-refractivity contribution in [3.63, 3.8) is 0 Å². The van der Waals surface area contributed by atoms with Crippen molar-refractivity contribution in [2.24, 2.45) is 5.73 Å². The first-order chi connectivity index (χ1) is 21.1. The first kappa shape index (κ1) is 31.4. The average molecular weight is 604 g/mol. The second kappa shape index (κ2) is 14.6. The molecule has 2 heterocycles. The Labute approximate surface area is 251 Å². The van der Waals surface area contributed by atoms with Crippen molar-refractivity contribution in [2.75, 3.05) is 0 Å². The number of amides is 3. The Hall–Kier alpha value is -5.50. The monoisotopic (exact) mass is 603 g/mol. The molecule has 4 aromatic rings. The van der Waals surface area contributed by atoms with E-state index in [1.165, 1.54) is 12.5 Å². The summed E-state index contributed by atoms with van der Waals surface area (Å²) in [6.45, 7) is 0. The molecule has 4 rings (SSSR count). The summed E-state index contributed by atoms with van der Waals surface area (Å²) in [7, 11) is 0. The maximum atomic E-state index is 13.5. The van der Waals surface area contributed by atoms with Crippen molar-refractivity contribution in [1.82, 2.24) is 30.9 Å². The zero-order valence-corrected chi connectivity index (χ0v) is 23.5. The second-order valence-corrected chi connectivity index (χ2v) is 10.3. The summed E-state index contributed by atoms with van der Waals surface area (Å²) in [5.41, 5.74) is 8.65. The molecule has 2 aromatic carbocycles. The minimum atomic E-state index is -1.57. The van der Waals surface area contributed by atoms with Crippen molar-refractivity contribution in [2.45, 2.75) is 49.9 Å². The summed E-state index contributed by atoms with van der Waals surface area (Å²) in [4.78, 5) is 73.1. The van der Waals surface area contributed by atoms with E-state index in [1.807, 2.05) is 24.3 Å². The molecule has 0 radical (unpaired) electrons. The zero-order valence-electron chi connectivity index (χ0n) is 23.5. The van der Waals surface area contributed by atoms with Gasteiger partial charge in [-0.1, -0.05) is 48.5 Å². The van der Waals surface area contributed by atoms with Gasteiger partial charge in [0.25, 0.3) is 0 Å². The van der Waals surface area contributed by atoms with Gasteiger partial charge in [-0.2, -0.15) is 0 Å². The molecule has 0 saturated heterocycles. The Balaban J connectivity index is 1.51. The van der Waals surface area contributed by atoms with Crippen molar-refractivity contribution < 1.29 is 34.2 Å². The third-order valence-corrected chi connectivity index (χ3v) is 6.97. The molecule has 230 valence electrons. The minimum Gasteiger partial charge on any atom is -0.481 e. The molecular formula is C30H33N7O7. The molecule has 14 nitrogen and oxygen atoms in total. The lowest BCUT2D eigenvalue weighted by atomic mass is 10.0. The van der Waals surface area contributed by atoms with Crippen LogP contribution in [-0.2, 0) is 43.2 Å². The molecule has 4 unspecified atom stereocenters. The fourth-order valence-corrected chi connectivity index (χ4v) is 4.71. The highest BCUT2D eigenvalue weighted by Gasteiger charge is 2.32. The fourth-order valence-electron chi connectivity index (χ4n) is 4.71. The maximum absolute atomic E-state index is 13.5. The Morgan fingerprint density at radius 3 is 2.11 bits per heavy atom. The third kappa shape index (κ3) is 8.51. The van der Waals surface area contributed by atoms with E-state index < -0.39 is 60.2 Å². The number of hydrogen-bond donors (Lipinski definition) is 8. The van der Waals surface area contributed by atoms with Gasteiger partial charge in [0.15, 0.2) is 0 Å². The predicted molar refractivity (Wildman–Crippen MR) is 158 cm³/mol. The Bertz CT molecular complexity index is 1600. The number of aromatic amines is 2. The van der Waals surface area contributed by atoms with E-state index in [9.17, 15) is 34.2 Å². The number of fused-ring (bicyclic) bond motifs is 1. The van der Waals surface area contributed by atoms with Gasteiger partial charge in [-0.25, -0.2) is 9.78 Å². The molecule has 0 aliphatic carbocycles. The van der Waals surface area contributed by atoms with E-state index in [-0.39, 0.29) is 19.3 Å². The van der Waals surface area contributed by atoms with Gasteiger partial charge in [0, 0.05) is 48.3 Å². The van der Waals surface area contributed by atoms with Gasteiger partial charge < -0.3 is 41.9 Å². The molecule has 9 N–H and O–H groups in total. The largest absolute Gasteiger partial charge is 0.481 e. The molecular weight excluding hydrogens is 570 g/mol. The van der Waals surface area contributed by atoms with Crippen LogP contribution in [0, 0.1) is 0 Å². The lowest BCUT2D eigenvalue weighted by Crippen LogP contribution is -2.58. The van der Waals surface area contributed by atoms with Crippen LogP contribution in [-0.4, -0.2) is 79.0 Å². The second-order valence-electron chi connectivity index (χ2n) is 10.3. The molecule has 3 amide bonds. The van der Waals surface area contributed by atoms with Crippen LogP contribution in [0.1, 0.15) is 23.2 Å². The number of carboxylic acid groups (broad SMARTS) is 2. The Morgan fingerprint density at radius 2 is 1.43 bits per heavy atom. The zero-order chi connectivity index (χ0) is 31.6. The number of carboxylic acids is 2. The van der Waals surface area contributed by atoms with Crippen LogP contribution in [0.15, 0.2) is 73.3 Å². The van der Waals surface area contributed by atoms with Crippen LogP contribution in [0.25, 0.3) is 10.9 Å². The number of hydrogen-bond acceptors (Lipinski definition) is 7. The molecule has 0 aliphatic rings. The van der Waals surface area contributed by atoms with E-state index in [4.69, 9.17) is 5.73 Å². The van der Waals surface area contributed by atoms with Crippen LogP contribution >= 0.6 is 0 Å². The van der Waals surface area contributed by atoms with E-state index in [2.05, 4.69) is 30.9 Å². The molecule has 4 atom stereocenters. The van der Waals surface area contributed by atoms with Crippen LogP contribution in [0.4, 0.5) is 0 Å². The summed E-state index contributed by atoms with van der Waals surface area (Å²) in [5.74, 6) is -5.19. The topological polar surface area (TPSA) is 232 Å². The molecule has 44 heavy (non-hydrogen) atoms. The number of carbonyl (C=O) groups is 5. The van der Waals surface area contributed by atoms with Crippen molar-refractivity contribution >= 4 is 40.6 Å². The number of nitrogens with zero attached hydrogens (tertiary/aromatic N) is 1. The molecule has 0 fully saturated rings. The van der Waals surface area contributed by atoms with E-state index in [0.29, 0.717) is 16.8 Å². The van der Waals surface area contributed by atoms with Crippen LogP contribution in [0.3, 0.4) is 0 Å². The summed E-state index contributed by atoms with van der Waals surface area (Å²) in [6, 6.07) is 10.7. The number of benzene rings is 2. The first-order valence-electron chi connectivity index (χ1n) is 13.8. The molecule has 2 aromatic heterocycles. The number of imidazole rings is 1. The fraction of sp³-hybridized carbons (Fsp3) is 0.267. The average Bonchev–Trinajstić information content (AvgIpc) is 3.66. The maximum Gasteiger partial charge on any atom is 0.326 e. The first-order valence-corrected chi connectivity index (χ1v) is 13.8.